The number of methoxy groups -OCH3 is 2. The Morgan fingerprint density at radius 1 is 0.947 bits per heavy atom. The topological polar surface area (TPSA) is 92.3 Å². The van der Waals surface area contributed by atoms with Crippen molar-refractivity contribution in [1.82, 2.24) is 14.2 Å². The smallest absolute Gasteiger partial charge is 0.260 e. The number of fused-ring (bicyclic) bond motifs is 1. The average molecular weight is 563 g/mol. The lowest BCUT2D eigenvalue weighted by atomic mass is 10.2. The molecule has 0 radical (unpaired) electrons. The van der Waals surface area contributed by atoms with E-state index in [4.69, 9.17) is 14.5 Å². The van der Waals surface area contributed by atoms with Crippen LogP contribution in [0, 0.1) is 0 Å². The molecule has 3 aromatic rings. The van der Waals surface area contributed by atoms with Crippen LogP contribution in [0.2, 0.25) is 0 Å². The maximum Gasteiger partial charge on any atom is 0.260 e. The van der Waals surface area contributed by atoms with Crippen molar-refractivity contribution < 1.29 is 22.7 Å². The third kappa shape index (κ3) is 7.58. The lowest BCUT2D eigenvalue weighted by Gasteiger charge is -2.22. The highest BCUT2D eigenvalue weighted by molar-refractivity contribution is 7.89. The minimum atomic E-state index is -3.78. The minimum Gasteiger partial charge on any atom is -0.383 e. The standard InChI is InChI=1S/C27H38N4O5S2/c1-6-21-8-13-24-25(20-21)37-27(28-24)31(15-7-14-29(2)3)26(32)22-9-11-23(12-10-22)38(33,34)30(16-18-35-4)17-19-36-5/h8-13,20H,6-7,14-19H2,1-5H3. The number of aryl methyl sites for hydroxylation is 1. The Kier molecular flexibility index (Phi) is 11.2. The molecule has 1 heterocycles. The summed E-state index contributed by atoms with van der Waals surface area (Å²) in [5.74, 6) is -0.210. The van der Waals surface area contributed by atoms with Gasteiger partial charge in [0.25, 0.3) is 5.91 Å². The van der Waals surface area contributed by atoms with Crippen molar-refractivity contribution >= 4 is 42.6 Å². The fourth-order valence-corrected chi connectivity index (χ4v) is 6.40. The van der Waals surface area contributed by atoms with Crippen molar-refractivity contribution in [2.45, 2.75) is 24.7 Å². The molecule has 0 fully saturated rings. The van der Waals surface area contributed by atoms with Crippen LogP contribution in [0.4, 0.5) is 5.13 Å². The van der Waals surface area contributed by atoms with E-state index >= 15 is 0 Å². The first-order valence-electron chi connectivity index (χ1n) is 12.7. The highest BCUT2D eigenvalue weighted by Gasteiger charge is 2.26. The molecule has 11 heteroatoms. The van der Waals surface area contributed by atoms with Crippen LogP contribution in [-0.4, -0.2) is 96.2 Å². The first kappa shape index (κ1) is 30.1. The molecule has 0 saturated carbocycles. The molecule has 2 aromatic carbocycles. The number of hydrogen-bond acceptors (Lipinski definition) is 8. The second-order valence-electron chi connectivity index (χ2n) is 9.18. The fraction of sp³-hybridized carbons (Fsp3) is 0.481. The van der Waals surface area contributed by atoms with Crippen molar-refractivity contribution in [3.8, 4) is 0 Å². The zero-order valence-corrected chi connectivity index (χ0v) is 24.5. The van der Waals surface area contributed by atoms with Gasteiger partial charge in [-0.1, -0.05) is 24.3 Å². The number of ether oxygens (including phenoxy) is 2. The molecule has 0 aliphatic carbocycles. The molecule has 0 bridgehead atoms. The van der Waals surface area contributed by atoms with Crippen molar-refractivity contribution in [3.63, 3.8) is 0 Å². The predicted octanol–water partition coefficient (Wildman–Crippen LogP) is 3.74. The highest BCUT2D eigenvalue weighted by Crippen LogP contribution is 2.31. The summed E-state index contributed by atoms with van der Waals surface area (Å²) in [5, 5.41) is 0.638. The summed E-state index contributed by atoms with van der Waals surface area (Å²) < 4.78 is 39.0. The number of carbonyl (C=O) groups is 1. The normalized spacial score (nSPS) is 12.1. The van der Waals surface area contributed by atoms with E-state index in [1.54, 1.807) is 17.0 Å². The molecule has 0 aliphatic rings. The molecular weight excluding hydrogens is 524 g/mol. The lowest BCUT2D eigenvalue weighted by Crippen LogP contribution is -2.36. The van der Waals surface area contributed by atoms with Gasteiger partial charge in [0, 0.05) is 39.4 Å². The van der Waals surface area contributed by atoms with Crippen LogP contribution in [0.3, 0.4) is 0 Å². The first-order valence-corrected chi connectivity index (χ1v) is 14.9. The quantitative estimate of drug-likeness (QED) is 0.279. The number of aromatic nitrogens is 1. The number of thiazole rings is 1. The van der Waals surface area contributed by atoms with Gasteiger partial charge >= 0.3 is 0 Å². The predicted molar refractivity (Wildman–Crippen MR) is 153 cm³/mol. The Balaban J connectivity index is 1.89. The molecule has 0 spiro atoms. The van der Waals surface area contributed by atoms with Crippen molar-refractivity contribution in [2.75, 3.05) is 72.6 Å². The third-order valence-corrected chi connectivity index (χ3v) is 9.10. The number of hydrogen-bond donors (Lipinski definition) is 0. The lowest BCUT2D eigenvalue weighted by molar-refractivity contribution is 0.0986. The van der Waals surface area contributed by atoms with E-state index in [1.165, 1.54) is 47.6 Å². The Morgan fingerprint density at radius 2 is 1.61 bits per heavy atom. The molecule has 0 atom stereocenters. The maximum absolute atomic E-state index is 13.7. The summed E-state index contributed by atoms with van der Waals surface area (Å²) in [6.07, 6.45) is 1.70. The van der Waals surface area contributed by atoms with Gasteiger partial charge in [0.1, 0.15) is 0 Å². The van der Waals surface area contributed by atoms with Crippen molar-refractivity contribution in [2.24, 2.45) is 0 Å². The van der Waals surface area contributed by atoms with Gasteiger partial charge in [-0.25, -0.2) is 13.4 Å². The monoisotopic (exact) mass is 562 g/mol. The summed E-state index contributed by atoms with van der Waals surface area (Å²) in [5.41, 5.74) is 2.49. The molecule has 0 saturated heterocycles. The summed E-state index contributed by atoms with van der Waals surface area (Å²) in [6, 6.07) is 12.3. The van der Waals surface area contributed by atoms with Crippen LogP contribution in [0.1, 0.15) is 29.3 Å². The van der Waals surface area contributed by atoms with E-state index in [0.717, 1.165) is 29.6 Å². The SMILES string of the molecule is CCc1ccc2nc(N(CCCN(C)C)C(=O)c3ccc(S(=O)(=O)N(CCOC)CCOC)cc3)sc2c1. The number of rotatable bonds is 15. The number of carbonyl (C=O) groups excluding carboxylic acids is 1. The van der Waals surface area contributed by atoms with Crippen LogP contribution < -0.4 is 4.90 Å². The van der Waals surface area contributed by atoms with E-state index in [2.05, 4.69) is 24.0 Å². The Morgan fingerprint density at radius 3 is 2.18 bits per heavy atom. The van der Waals surface area contributed by atoms with Gasteiger partial charge in [0.15, 0.2) is 5.13 Å². The number of anilines is 1. The number of benzene rings is 2. The highest BCUT2D eigenvalue weighted by atomic mass is 32.2. The molecule has 38 heavy (non-hydrogen) atoms. The Hall–Kier alpha value is -2.41. The van der Waals surface area contributed by atoms with Gasteiger partial charge in [-0.2, -0.15) is 4.31 Å². The van der Waals surface area contributed by atoms with Crippen LogP contribution in [0.25, 0.3) is 10.2 Å². The molecule has 0 N–H and O–H groups in total. The summed E-state index contributed by atoms with van der Waals surface area (Å²) in [7, 11) is 3.28. The molecule has 208 valence electrons. The third-order valence-electron chi connectivity index (χ3n) is 6.14. The van der Waals surface area contributed by atoms with Gasteiger partial charge in [0.2, 0.25) is 10.0 Å². The molecule has 0 unspecified atom stereocenters. The van der Waals surface area contributed by atoms with E-state index in [9.17, 15) is 13.2 Å². The largest absolute Gasteiger partial charge is 0.383 e. The average Bonchev–Trinajstić information content (AvgIpc) is 3.33. The number of sulfonamides is 1. The number of nitrogens with zero attached hydrogens (tertiary/aromatic N) is 4. The molecule has 1 amide bonds. The van der Waals surface area contributed by atoms with E-state index in [1.807, 2.05) is 20.2 Å². The molecule has 0 aliphatic heterocycles. The summed E-state index contributed by atoms with van der Waals surface area (Å²) in [4.78, 5) is 22.3. The second-order valence-corrected chi connectivity index (χ2v) is 12.1. The fourth-order valence-electron chi connectivity index (χ4n) is 3.93. The maximum atomic E-state index is 13.7. The van der Waals surface area contributed by atoms with Crippen LogP contribution >= 0.6 is 11.3 Å². The van der Waals surface area contributed by atoms with E-state index < -0.39 is 10.0 Å². The first-order chi connectivity index (χ1) is 18.2. The number of amides is 1. The summed E-state index contributed by atoms with van der Waals surface area (Å²) >= 11 is 1.50. The van der Waals surface area contributed by atoms with Crippen molar-refractivity contribution in [3.05, 3.63) is 53.6 Å². The van der Waals surface area contributed by atoms with Gasteiger partial charge in [0.05, 0.1) is 28.3 Å². The van der Waals surface area contributed by atoms with E-state index in [-0.39, 0.29) is 37.1 Å². The molecule has 3 rings (SSSR count). The molecule has 1 aromatic heterocycles. The van der Waals surface area contributed by atoms with Gasteiger partial charge in [-0.05, 0) is 75.4 Å². The zero-order valence-electron chi connectivity index (χ0n) is 22.8. The Bertz CT molecular complexity index is 1280. The van der Waals surface area contributed by atoms with Gasteiger partial charge in [-0.3, -0.25) is 9.69 Å². The van der Waals surface area contributed by atoms with E-state index in [0.29, 0.717) is 17.2 Å². The van der Waals surface area contributed by atoms with Crippen LogP contribution in [-0.2, 0) is 25.9 Å². The zero-order chi connectivity index (χ0) is 27.7. The van der Waals surface area contributed by atoms with Crippen LogP contribution in [0.5, 0.6) is 0 Å². The second kappa shape index (κ2) is 14.1. The van der Waals surface area contributed by atoms with Crippen LogP contribution in [0.15, 0.2) is 47.4 Å². The Labute approximate surface area is 230 Å². The molecular formula is C27H38N4O5S2. The van der Waals surface area contributed by atoms with Crippen molar-refractivity contribution in [1.29, 1.82) is 0 Å². The summed E-state index contributed by atoms with van der Waals surface area (Å²) in [6.45, 7) is 4.38. The van der Waals surface area contributed by atoms with Gasteiger partial charge < -0.3 is 14.4 Å². The molecule has 9 nitrogen and oxygen atoms in total. The van der Waals surface area contributed by atoms with Gasteiger partial charge in [-0.15, -0.1) is 0 Å². The minimum absolute atomic E-state index is 0.118.